The summed E-state index contributed by atoms with van der Waals surface area (Å²) in [5, 5.41) is 3.09. The van der Waals surface area contributed by atoms with Gasteiger partial charge in [-0.2, -0.15) is 0 Å². The number of carbonyl (C=O) groups is 1. The molecule has 1 saturated carbocycles. The highest BCUT2D eigenvalue weighted by Gasteiger charge is 2.27. The molecular formula is C24H41N5O2. The van der Waals surface area contributed by atoms with Crippen LogP contribution in [-0.4, -0.2) is 73.3 Å². The van der Waals surface area contributed by atoms with Crippen LogP contribution in [0.3, 0.4) is 0 Å². The fourth-order valence-electron chi connectivity index (χ4n) is 4.64. The molecule has 1 N–H and O–H groups in total. The number of anilines is 1. The van der Waals surface area contributed by atoms with E-state index in [2.05, 4.69) is 42.0 Å². The van der Waals surface area contributed by atoms with Gasteiger partial charge in [-0.1, -0.05) is 20.8 Å². The molecule has 7 heteroatoms. The summed E-state index contributed by atoms with van der Waals surface area (Å²) in [7, 11) is 1.73. The van der Waals surface area contributed by atoms with Crippen LogP contribution in [0.2, 0.25) is 0 Å². The van der Waals surface area contributed by atoms with Crippen LogP contribution in [0.25, 0.3) is 0 Å². The van der Waals surface area contributed by atoms with Crippen LogP contribution in [0.1, 0.15) is 64.9 Å². The Bertz CT molecular complexity index is 725. The Balaban J connectivity index is 1.51. The predicted molar refractivity (Wildman–Crippen MR) is 125 cm³/mol. The second kappa shape index (κ2) is 10.7. The highest BCUT2D eigenvalue weighted by molar-refractivity contribution is 5.73. The van der Waals surface area contributed by atoms with Crippen molar-refractivity contribution >= 4 is 11.7 Å². The van der Waals surface area contributed by atoms with Crippen molar-refractivity contribution in [2.75, 3.05) is 51.3 Å². The molecule has 1 amide bonds. The van der Waals surface area contributed by atoms with E-state index in [4.69, 9.17) is 14.7 Å². The molecule has 1 aliphatic carbocycles. The largest absolute Gasteiger partial charge is 0.384 e. The van der Waals surface area contributed by atoms with Crippen molar-refractivity contribution in [3.05, 3.63) is 17.6 Å². The second-order valence-corrected chi connectivity index (χ2v) is 10.2. The van der Waals surface area contributed by atoms with Gasteiger partial charge in [0.2, 0.25) is 5.91 Å². The molecule has 2 aliphatic rings. The molecule has 1 aromatic rings. The van der Waals surface area contributed by atoms with Crippen molar-refractivity contribution < 1.29 is 9.53 Å². The Labute approximate surface area is 188 Å². The number of amides is 1. The minimum absolute atomic E-state index is 0.0734. The Hall–Kier alpha value is -1.73. The van der Waals surface area contributed by atoms with E-state index >= 15 is 0 Å². The minimum Gasteiger partial charge on any atom is -0.384 e. The normalized spacial score (nSPS) is 22.7. The highest BCUT2D eigenvalue weighted by Crippen LogP contribution is 2.29. The number of methoxy groups -OCH3 is 1. The fraction of sp³-hybridized carbons (Fsp3) is 0.792. The van der Waals surface area contributed by atoms with E-state index < -0.39 is 0 Å². The lowest BCUT2D eigenvalue weighted by atomic mass is 9.95. The second-order valence-electron chi connectivity index (χ2n) is 10.2. The molecule has 0 bridgehead atoms. The van der Waals surface area contributed by atoms with E-state index in [-0.39, 0.29) is 11.3 Å². The summed E-state index contributed by atoms with van der Waals surface area (Å²) in [5.41, 5.74) is 0.991. The molecule has 0 unspecified atom stereocenters. The van der Waals surface area contributed by atoms with Crippen molar-refractivity contribution in [2.45, 2.75) is 71.3 Å². The highest BCUT2D eigenvalue weighted by atomic mass is 16.5. The third kappa shape index (κ3) is 7.14. The molecule has 1 aromatic heterocycles. The maximum atomic E-state index is 11.3. The zero-order chi connectivity index (χ0) is 22.4. The van der Waals surface area contributed by atoms with Crippen LogP contribution in [-0.2, 0) is 21.4 Å². The minimum atomic E-state index is -0.0734. The quantitative estimate of drug-likeness (QED) is 0.683. The average molecular weight is 432 g/mol. The van der Waals surface area contributed by atoms with Gasteiger partial charge in [0, 0.05) is 69.9 Å². The number of piperazine rings is 1. The zero-order valence-corrected chi connectivity index (χ0v) is 20.1. The number of nitrogens with zero attached hydrogens (tertiary/aromatic N) is 4. The molecule has 2 atom stereocenters. The number of carbonyl (C=O) groups excluding carboxylic acids is 1. The Kier molecular flexibility index (Phi) is 8.28. The molecule has 3 rings (SSSR count). The van der Waals surface area contributed by atoms with E-state index in [9.17, 15) is 4.79 Å². The third-order valence-corrected chi connectivity index (χ3v) is 6.50. The summed E-state index contributed by atoms with van der Waals surface area (Å²) in [4.78, 5) is 26.0. The van der Waals surface area contributed by atoms with Gasteiger partial charge in [-0.3, -0.25) is 9.69 Å². The van der Waals surface area contributed by atoms with Gasteiger partial charge in [0.05, 0.1) is 6.61 Å². The maximum absolute atomic E-state index is 11.3. The SMILES string of the molecule is COCCc1cc(N2CCN(CC[C@H]3CC[C@H](NC(C)=O)C3)CC2)nc(C(C)(C)C)n1. The van der Waals surface area contributed by atoms with Gasteiger partial charge in [0.25, 0.3) is 0 Å². The molecule has 0 radical (unpaired) electrons. The molecule has 174 valence electrons. The van der Waals surface area contributed by atoms with Gasteiger partial charge < -0.3 is 15.0 Å². The molecule has 1 saturated heterocycles. The number of nitrogens with one attached hydrogen (secondary N) is 1. The molecule has 31 heavy (non-hydrogen) atoms. The molecule has 2 heterocycles. The lowest BCUT2D eigenvalue weighted by Gasteiger charge is -2.36. The summed E-state index contributed by atoms with van der Waals surface area (Å²) < 4.78 is 5.26. The summed E-state index contributed by atoms with van der Waals surface area (Å²) in [6.45, 7) is 14.1. The summed E-state index contributed by atoms with van der Waals surface area (Å²) in [6, 6.07) is 2.53. The molecule has 0 spiro atoms. The lowest BCUT2D eigenvalue weighted by molar-refractivity contribution is -0.119. The van der Waals surface area contributed by atoms with Crippen molar-refractivity contribution in [1.29, 1.82) is 0 Å². The van der Waals surface area contributed by atoms with E-state index in [1.165, 1.54) is 12.8 Å². The van der Waals surface area contributed by atoms with Crippen molar-refractivity contribution in [2.24, 2.45) is 5.92 Å². The van der Waals surface area contributed by atoms with Crippen LogP contribution in [0.4, 0.5) is 5.82 Å². The fourth-order valence-corrected chi connectivity index (χ4v) is 4.64. The number of ether oxygens (including phenoxy) is 1. The number of hydrogen-bond donors (Lipinski definition) is 1. The number of rotatable bonds is 8. The van der Waals surface area contributed by atoms with Crippen LogP contribution in [0.5, 0.6) is 0 Å². The number of aromatic nitrogens is 2. The summed E-state index contributed by atoms with van der Waals surface area (Å²) >= 11 is 0. The van der Waals surface area contributed by atoms with E-state index in [1.807, 2.05) is 0 Å². The van der Waals surface area contributed by atoms with Gasteiger partial charge in [0.1, 0.15) is 11.6 Å². The first-order valence-corrected chi connectivity index (χ1v) is 11.9. The van der Waals surface area contributed by atoms with E-state index in [0.717, 1.165) is 75.2 Å². The Morgan fingerprint density at radius 3 is 2.58 bits per heavy atom. The zero-order valence-electron chi connectivity index (χ0n) is 20.1. The molecule has 7 nitrogen and oxygen atoms in total. The van der Waals surface area contributed by atoms with E-state index in [1.54, 1.807) is 14.0 Å². The van der Waals surface area contributed by atoms with Crippen LogP contribution in [0, 0.1) is 5.92 Å². The van der Waals surface area contributed by atoms with Crippen molar-refractivity contribution in [3.63, 3.8) is 0 Å². The van der Waals surface area contributed by atoms with E-state index in [0.29, 0.717) is 12.6 Å². The average Bonchev–Trinajstić information content (AvgIpc) is 3.17. The molecule has 1 aliphatic heterocycles. The van der Waals surface area contributed by atoms with Gasteiger partial charge in [-0.25, -0.2) is 9.97 Å². The van der Waals surface area contributed by atoms with Crippen LogP contribution < -0.4 is 10.2 Å². The van der Waals surface area contributed by atoms with Crippen LogP contribution in [0.15, 0.2) is 6.07 Å². The maximum Gasteiger partial charge on any atom is 0.217 e. The third-order valence-electron chi connectivity index (χ3n) is 6.50. The summed E-state index contributed by atoms with van der Waals surface area (Å²) in [5.74, 6) is 2.81. The van der Waals surface area contributed by atoms with Gasteiger partial charge in [-0.05, 0) is 38.1 Å². The monoisotopic (exact) mass is 431 g/mol. The molecule has 0 aromatic carbocycles. The van der Waals surface area contributed by atoms with Gasteiger partial charge in [0.15, 0.2) is 0 Å². The number of hydrogen-bond acceptors (Lipinski definition) is 6. The smallest absolute Gasteiger partial charge is 0.217 e. The van der Waals surface area contributed by atoms with Gasteiger partial charge >= 0.3 is 0 Å². The first-order chi connectivity index (χ1) is 14.7. The van der Waals surface area contributed by atoms with Crippen LogP contribution >= 0.6 is 0 Å². The lowest BCUT2D eigenvalue weighted by Crippen LogP contribution is -2.47. The first kappa shape index (κ1) is 23.9. The Morgan fingerprint density at radius 2 is 1.94 bits per heavy atom. The first-order valence-electron chi connectivity index (χ1n) is 11.9. The Morgan fingerprint density at radius 1 is 1.19 bits per heavy atom. The van der Waals surface area contributed by atoms with Crippen molar-refractivity contribution in [3.8, 4) is 0 Å². The molecule has 2 fully saturated rings. The topological polar surface area (TPSA) is 70.6 Å². The standard InChI is InChI=1S/C24H41N5O2/c1-18(30)25-20-7-6-19(16-20)8-10-28-11-13-29(14-12-28)22-17-21(9-15-31-5)26-23(27-22)24(2,3)4/h17,19-20H,6-16H2,1-5H3,(H,25,30)/t19-,20+/m1/s1. The van der Waals surface area contributed by atoms with Gasteiger partial charge in [-0.15, -0.1) is 0 Å². The molecular weight excluding hydrogens is 390 g/mol. The van der Waals surface area contributed by atoms with Crippen molar-refractivity contribution in [1.82, 2.24) is 20.2 Å². The summed E-state index contributed by atoms with van der Waals surface area (Å²) in [6.07, 6.45) is 5.56. The predicted octanol–water partition coefficient (Wildman–Crippen LogP) is 2.78.